The van der Waals surface area contributed by atoms with E-state index in [9.17, 15) is 19.7 Å². The first-order valence-corrected chi connectivity index (χ1v) is 11.3. The maximum absolute atomic E-state index is 13.5. The summed E-state index contributed by atoms with van der Waals surface area (Å²) in [4.78, 5) is 39.0. The Balaban J connectivity index is 2.23. The summed E-state index contributed by atoms with van der Waals surface area (Å²) in [6.07, 6.45) is 1.08. The van der Waals surface area contributed by atoms with Crippen LogP contribution in [0.1, 0.15) is 50.5 Å². The number of unbranched alkanes of at least 4 members (excludes halogenated alkanes) is 1. The normalized spacial score (nSPS) is 12.1. The molecule has 1 atom stereocenters. The zero-order valence-corrected chi connectivity index (χ0v) is 19.5. The molecule has 0 unspecified atom stereocenters. The minimum Gasteiger partial charge on any atom is -0.444 e. The van der Waals surface area contributed by atoms with Crippen LogP contribution >= 0.6 is 11.3 Å². The third kappa shape index (κ3) is 8.30. The first-order valence-electron chi connectivity index (χ1n) is 10.4. The number of rotatable bonds is 10. The van der Waals surface area contributed by atoms with Gasteiger partial charge in [-0.2, -0.15) is 0 Å². The van der Waals surface area contributed by atoms with Crippen molar-refractivity contribution < 1.29 is 19.2 Å². The van der Waals surface area contributed by atoms with Crippen LogP contribution in [0.2, 0.25) is 0 Å². The Hall–Kier alpha value is -2.94. The Kier molecular flexibility index (Phi) is 9.19. The van der Waals surface area contributed by atoms with E-state index in [1.54, 1.807) is 37.8 Å². The molecule has 0 aliphatic heterocycles. The van der Waals surface area contributed by atoms with E-state index in [-0.39, 0.29) is 18.1 Å². The summed E-state index contributed by atoms with van der Waals surface area (Å²) in [5, 5.41) is 15.6. The summed E-state index contributed by atoms with van der Waals surface area (Å²) in [6.45, 7) is 9.73. The number of thiophene rings is 1. The maximum Gasteiger partial charge on any atom is 0.408 e. The van der Waals surface area contributed by atoms with Crippen LogP contribution in [0, 0.1) is 17.0 Å². The van der Waals surface area contributed by atoms with Gasteiger partial charge in [0.1, 0.15) is 11.6 Å². The smallest absolute Gasteiger partial charge is 0.408 e. The van der Waals surface area contributed by atoms with Crippen molar-refractivity contribution in [1.82, 2.24) is 10.2 Å². The second kappa shape index (κ2) is 11.6. The molecule has 2 amide bonds. The number of nitro benzene ring substituents is 1. The third-order valence-corrected chi connectivity index (χ3v) is 5.35. The van der Waals surface area contributed by atoms with Crippen LogP contribution in [0.3, 0.4) is 0 Å². The van der Waals surface area contributed by atoms with Crippen LogP contribution in [0.5, 0.6) is 0 Å². The highest BCUT2D eigenvalue weighted by Crippen LogP contribution is 2.19. The quantitative estimate of drug-likeness (QED) is 0.393. The van der Waals surface area contributed by atoms with Crippen molar-refractivity contribution in [2.75, 3.05) is 0 Å². The number of non-ortho nitro benzene ring substituents is 1. The highest BCUT2D eigenvalue weighted by atomic mass is 32.1. The molecule has 9 heteroatoms. The summed E-state index contributed by atoms with van der Waals surface area (Å²) in [5.41, 5.74) is 0.0674. The van der Waals surface area contributed by atoms with Gasteiger partial charge >= 0.3 is 6.09 Å². The Morgan fingerprint density at radius 1 is 1.22 bits per heavy atom. The van der Waals surface area contributed by atoms with Crippen LogP contribution in [-0.2, 0) is 22.6 Å². The van der Waals surface area contributed by atoms with Gasteiger partial charge in [-0.15, -0.1) is 11.3 Å². The van der Waals surface area contributed by atoms with E-state index in [4.69, 9.17) is 4.74 Å². The number of nitro groups is 1. The van der Waals surface area contributed by atoms with E-state index in [0.29, 0.717) is 25.8 Å². The van der Waals surface area contributed by atoms with Gasteiger partial charge in [0, 0.05) is 23.6 Å². The van der Waals surface area contributed by atoms with E-state index < -0.39 is 22.7 Å². The van der Waals surface area contributed by atoms with Crippen LogP contribution in [0.15, 0.2) is 41.8 Å². The van der Waals surface area contributed by atoms with Crippen molar-refractivity contribution in [3.63, 3.8) is 0 Å². The first-order chi connectivity index (χ1) is 15.1. The number of nitrogens with zero attached hydrogens (tertiary/aromatic N) is 2. The fourth-order valence-electron chi connectivity index (χ4n) is 3.02. The lowest BCUT2D eigenvalue weighted by atomic mass is 10.1. The van der Waals surface area contributed by atoms with Crippen LogP contribution in [-0.4, -0.2) is 33.5 Å². The summed E-state index contributed by atoms with van der Waals surface area (Å²) in [7, 11) is 0. The molecule has 1 radical (unpaired) electrons. The van der Waals surface area contributed by atoms with E-state index >= 15 is 0 Å². The molecule has 1 heterocycles. The van der Waals surface area contributed by atoms with E-state index in [2.05, 4.69) is 12.2 Å². The lowest BCUT2D eigenvalue weighted by molar-refractivity contribution is -0.384. The summed E-state index contributed by atoms with van der Waals surface area (Å²) in [6, 6.07) is 9.20. The van der Waals surface area contributed by atoms with Gasteiger partial charge in [-0.25, -0.2) is 4.79 Å². The number of ether oxygens (including phenoxy) is 1. The minimum atomic E-state index is -0.760. The number of nitrogens with one attached hydrogen (secondary N) is 1. The van der Waals surface area contributed by atoms with Gasteiger partial charge in [-0.3, -0.25) is 14.9 Å². The average molecular weight is 461 g/mol. The molecular formula is C23H30N3O5S. The highest BCUT2D eigenvalue weighted by Gasteiger charge is 2.28. The van der Waals surface area contributed by atoms with Gasteiger partial charge in [-0.05, 0) is 44.2 Å². The largest absolute Gasteiger partial charge is 0.444 e. The third-order valence-electron chi connectivity index (χ3n) is 4.49. The number of alkyl carbamates (subject to hydrolysis) is 1. The Morgan fingerprint density at radius 2 is 1.91 bits per heavy atom. The maximum atomic E-state index is 13.5. The average Bonchev–Trinajstić information content (AvgIpc) is 3.22. The van der Waals surface area contributed by atoms with Gasteiger partial charge in [0.25, 0.3) is 5.69 Å². The molecule has 2 rings (SSSR count). The lowest BCUT2D eigenvalue weighted by Crippen LogP contribution is -2.49. The Bertz CT molecular complexity index is 891. The zero-order valence-electron chi connectivity index (χ0n) is 18.7. The molecule has 173 valence electrons. The number of hydrogen-bond acceptors (Lipinski definition) is 6. The minimum absolute atomic E-state index is 0.00945. The zero-order chi connectivity index (χ0) is 23.7. The van der Waals surface area contributed by atoms with Crippen molar-refractivity contribution in [3.05, 3.63) is 69.3 Å². The number of amides is 2. The molecule has 2 aromatic rings. The highest BCUT2D eigenvalue weighted by molar-refractivity contribution is 7.09. The van der Waals surface area contributed by atoms with Crippen molar-refractivity contribution >= 4 is 29.0 Å². The van der Waals surface area contributed by atoms with E-state index in [0.717, 1.165) is 10.4 Å². The molecule has 32 heavy (non-hydrogen) atoms. The Labute approximate surface area is 192 Å². The molecule has 0 bridgehead atoms. The second-order valence-electron chi connectivity index (χ2n) is 8.39. The SMILES string of the molecule is [CH2]CCC[C@@H](NC(=O)OC(C)(C)C)C(=O)N(Cc1ccc([N+](=O)[O-])cc1)Cc1cccs1. The second-order valence-corrected chi connectivity index (χ2v) is 9.42. The van der Waals surface area contributed by atoms with Gasteiger partial charge in [0.2, 0.25) is 5.91 Å². The van der Waals surface area contributed by atoms with Gasteiger partial charge in [0.15, 0.2) is 0 Å². The van der Waals surface area contributed by atoms with Crippen molar-refractivity contribution in [2.45, 2.75) is 64.8 Å². The number of hydrogen-bond donors (Lipinski definition) is 1. The van der Waals surface area contributed by atoms with Crippen molar-refractivity contribution in [1.29, 1.82) is 0 Å². The van der Waals surface area contributed by atoms with Crippen LogP contribution in [0.4, 0.5) is 10.5 Å². The molecule has 0 saturated heterocycles. The van der Waals surface area contributed by atoms with Gasteiger partial charge < -0.3 is 15.0 Å². The predicted molar refractivity (Wildman–Crippen MR) is 124 cm³/mol. The molecule has 1 aromatic heterocycles. The van der Waals surface area contributed by atoms with Crippen molar-refractivity contribution in [2.24, 2.45) is 0 Å². The molecule has 1 aromatic carbocycles. The first kappa shape index (κ1) is 25.3. The molecular weight excluding hydrogens is 430 g/mol. The molecule has 0 fully saturated rings. The monoisotopic (exact) mass is 460 g/mol. The van der Waals surface area contributed by atoms with Gasteiger partial charge in [0.05, 0.1) is 11.5 Å². The summed E-state index contributed by atoms with van der Waals surface area (Å²) < 4.78 is 5.34. The number of carbonyl (C=O) groups is 2. The molecule has 1 N–H and O–H groups in total. The molecule has 8 nitrogen and oxygen atoms in total. The molecule has 0 spiro atoms. The standard InChI is InChI=1S/C23H30N3O5S/c1-5-6-9-20(24-22(28)31-23(2,3)4)21(27)25(16-19-8-7-14-32-19)15-17-10-12-18(13-11-17)26(29)30/h7-8,10-14,20H,1,5-6,9,15-16H2,2-4H3,(H,24,28)/t20-/m1/s1. The van der Waals surface area contributed by atoms with Crippen LogP contribution in [0.25, 0.3) is 0 Å². The lowest BCUT2D eigenvalue weighted by Gasteiger charge is -2.29. The molecule has 0 saturated carbocycles. The molecule has 0 aliphatic rings. The number of carbonyl (C=O) groups excluding carboxylic acids is 2. The van der Waals surface area contributed by atoms with E-state index in [1.165, 1.54) is 23.5 Å². The fourth-order valence-corrected chi connectivity index (χ4v) is 3.74. The summed E-state index contributed by atoms with van der Waals surface area (Å²) in [5.74, 6) is -0.240. The molecule has 0 aliphatic carbocycles. The fraction of sp³-hybridized carbons (Fsp3) is 0.435. The predicted octanol–water partition coefficient (Wildman–Crippen LogP) is 5.08. The van der Waals surface area contributed by atoms with Crippen molar-refractivity contribution in [3.8, 4) is 0 Å². The summed E-state index contributed by atoms with van der Waals surface area (Å²) >= 11 is 1.53. The topological polar surface area (TPSA) is 102 Å². The van der Waals surface area contributed by atoms with Gasteiger partial charge in [-0.1, -0.05) is 38.0 Å². The number of benzene rings is 1. The van der Waals surface area contributed by atoms with E-state index in [1.807, 2.05) is 17.5 Å². The Morgan fingerprint density at radius 3 is 2.44 bits per heavy atom. The van der Waals surface area contributed by atoms with Crippen LogP contribution < -0.4 is 5.32 Å².